The van der Waals surface area contributed by atoms with Gasteiger partial charge in [0.05, 0.1) is 17.0 Å². The smallest absolute Gasteiger partial charge is 0.243 e. The van der Waals surface area contributed by atoms with Crippen molar-refractivity contribution in [2.75, 3.05) is 19.4 Å². The van der Waals surface area contributed by atoms with E-state index < -0.39 is 15.6 Å². The summed E-state index contributed by atoms with van der Waals surface area (Å²) in [7, 11) is -2.21. The van der Waals surface area contributed by atoms with Gasteiger partial charge >= 0.3 is 0 Å². The highest BCUT2D eigenvalue weighted by Crippen LogP contribution is 2.25. The fourth-order valence-corrected chi connectivity index (χ4v) is 3.18. The van der Waals surface area contributed by atoms with Gasteiger partial charge in [-0.25, -0.2) is 8.42 Å². The average Bonchev–Trinajstić information content (AvgIpc) is 2.37. The monoisotopic (exact) mass is 286 g/mol. The van der Waals surface area contributed by atoms with E-state index in [-0.39, 0.29) is 11.5 Å². The second-order valence-corrected chi connectivity index (χ2v) is 7.13. The van der Waals surface area contributed by atoms with Gasteiger partial charge < -0.3 is 10.8 Å². The molecule has 0 aliphatic rings. The minimum absolute atomic E-state index is 0.145. The summed E-state index contributed by atoms with van der Waals surface area (Å²) in [6, 6.07) is 4.74. The summed E-state index contributed by atoms with van der Waals surface area (Å²) in [5.41, 5.74) is 6.36. The van der Waals surface area contributed by atoms with Gasteiger partial charge in [0.1, 0.15) is 0 Å². The van der Waals surface area contributed by atoms with E-state index in [1.807, 2.05) is 6.92 Å². The predicted molar refractivity (Wildman–Crippen MR) is 76.3 cm³/mol. The molecular weight excluding hydrogens is 264 g/mol. The summed E-state index contributed by atoms with van der Waals surface area (Å²) in [5, 5.41) is 9.28. The molecular formula is C13H22N2O3S. The van der Waals surface area contributed by atoms with Gasteiger partial charge in [-0.3, -0.25) is 0 Å². The first-order valence-electron chi connectivity index (χ1n) is 6.15. The molecule has 0 saturated heterocycles. The van der Waals surface area contributed by atoms with Gasteiger partial charge in [0.2, 0.25) is 10.0 Å². The van der Waals surface area contributed by atoms with Crippen molar-refractivity contribution in [2.24, 2.45) is 0 Å². The van der Waals surface area contributed by atoms with Crippen LogP contribution in [0.3, 0.4) is 0 Å². The van der Waals surface area contributed by atoms with Gasteiger partial charge in [0.25, 0.3) is 0 Å². The normalized spacial score (nSPS) is 12.9. The Kier molecular flexibility index (Phi) is 4.60. The van der Waals surface area contributed by atoms with Gasteiger partial charge in [0.15, 0.2) is 0 Å². The molecule has 108 valence electrons. The second kappa shape index (κ2) is 5.48. The third kappa shape index (κ3) is 3.08. The summed E-state index contributed by atoms with van der Waals surface area (Å²) >= 11 is 0. The van der Waals surface area contributed by atoms with E-state index in [1.165, 1.54) is 17.4 Å². The lowest BCUT2D eigenvalue weighted by molar-refractivity contribution is 0.138. The lowest BCUT2D eigenvalue weighted by Gasteiger charge is -2.32. The fraction of sp³-hybridized carbons (Fsp3) is 0.538. The van der Waals surface area contributed by atoms with Gasteiger partial charge in [-0.15, -0.1) is 0 Å². The molecule has 0 bridgehead atoms. The van der Waals surface area contributed by atoms with Crippen LogP contribution in [0.1, 0.15) is 26.3 Å². The highest BCUT2D eigenvalue weighted by Gasteiger charge is 2.33. The number of nitrogens with zero attached hydrogens (tertiary/aromatic N) is 1. The number of sulfonamides is 1. The molecule has 3 N–H and O–H groups in total. The van der Waals surface area contributed by atoms with Crippen LogP contribution in [-0.4, -0.2) is 37.0 Å². The maximum absolute atomic E-state index is 12.4. The number of rotatable bonds is 5. The molecule has 5 nitrogen and oxygen atoms in total. The average molecular weight is 286 g/mol. The zero-order valence-electron chi connectivity index (χ0n) is 11.8. The van der Waals surface area contributed by atoms with Crippen molar-refractivity contribution in [1.29, 1.82) is 0 Å². The van der Waals surface area contributed by atoms with E-state index in [4.69, 9.17) is 5.73 Å². The second-order valence-electron chi connectivity index (χ2n) is 5.16. The van der Waals surface area contributed by atoms with Gasteiger partial charge in [-0.2, -0.15) is 4.31 Å². The van der Waals surface area contributed by atoms with E-state index in [0.717, 1.165) is 12.0 Å². The third-order valence-electron chi connectivity index (χ3n) is 3.40. The SMILES string of the molecule is CCc1ccc(S(=O)(=O)N(C)C(C)(C)CO)cc1N. The van der Waals surface area contributed by atoms with Gasteiger partial charge in [0, 0.05) is 12.7 Å². The zero-order chi connectivity index (χ0) is 14.8. The van der Waals surface area contributed by atoms with Crippen molar-refractivity contribution in [2.45, 2.75) is 37.6 Å². The molecule has 1 aromatic rings. The Balaban J connectivity index is 3.25. The Bertz CT molecular complexity index is 553. The molecule has 1 aromatic carbocycles. The molecule has 0 aromatic heterocycles. The number of nitrogens with two attached hydrogens (primary N) is 1. The maximum Gasteiger partial charge on any atom is 0.243 e. The standard InChI is InChI=1S/C13H22N2O3S/c1-5-10-6-7-11(8-12(10)14)19(17,18)15(4)13(2,3)9-16/h6-8,16H,5,9,14H2,1-4H3. The summed E-state index contributed by atoms with van der Waals surface area (Å²) in [6.07, 6.45) is 0.754. The van der Waals surface area contributed by atoms with Crippen LogP contribution in [0.2, 0.25) is 0 Å². The Morgan fingerprint density at radius 1 is 1.37 bits per heavy atom. The summed E-state index contributed by atoms with van der Waals surface area (Å²) in [4.78, 5) is 0.145. The third-order valence-corrected chi connectivity index (χ3v) is 5.46. The number of anilines is 1. The first kappa shape index (κ1) is 15.9. The van der Waals surface area contributed by atoms with Crippen LogP contribution < -0.4 is 5.73 Å². The first-order valence-corrected chi connectivity index (χ1v) is 7.59. The maximum atomic E-state index is 12.4. The molecule has 6 heteroatoms. The van der Waals surface area contributed by atoms with Crippen LogP contribution in [-0.2, 0) is 16.4 Å². The molecule has 0 spiro atoms. The van der Waals surface area contributed by atoms with Crippen molar-refractivity contribution < 1.29 is 13.5 Å². The number of benzene rings is 1. The van der Waals surface area contributed by atoms with Gasteiger partial charge in [-0.1, -0.05) is 13.0 Å². The van der Waals surface area contributed by atoms with Crippen molar-refractivity contribution in [3.05, 3.63) is 23.8 Å². The molecule has 0 unspecified atom stereocenters. The Morgan fingerprint density at radius 3 is 2.37 bits per heavy atom. The molecule has 19 heavy (non-hydrogen) atoms. The molecule has 0 saturated carbocycles. The Morgan fingerprint density at radius 2 is 1.95 bits per heavy atom. The molecule has 0 atom stereocenters. The number of nitrogen functional groups attached to an aromatic ring is 1. The lowest BCUT2D eigenvalue weighted by Crippen LogP contribution is -2.47. The number of aliphatic hydroxyl groups excluding tert-OH is 1. The highest BCUT2D eigenvalue weighted by atomic mass is 32.2. The van der Waals surface area contributed by atoms with Crippen molar-refractivity contribution >= 4 is 15.7 Å². The molecule has 0 heterocycles. The van der Waals surface area contributed by atoms with Crippen molar-refractivity contribution in [1.82, 2.24) is 4.31 Å². The Labute approximate surface area is 115 Å². The highest BCUT2D eigenvalue weighted by molar-refractivity contribution is 7.89. The number of aliphatic hydroxyl groups is 1. The van der Waals surface area contributed by atoms with Crippen LogP contribution in [0.25, 0.3) is 0 Å². The topological polar surface area (TPSA) is 83.6 Å². The van der Waals surface area contributed by atoms with E-state index in [1.54, 1.807) is 26.0 Å². The minimum atomic E-state index is -3.66. The van der Waals surface area contributed by atoms with Crippen LogP contribution in [0.5, 0.6) is 0 Å². The van der Waals surface area contributed by atoms with Crippen molar-refractivity contribution in [3.8, 4) is 0 Å². The lowest BCUT2D eigenvalue weighted by atomic mass is 10.1. The molecule has 0 amide bonds. The van der Waals surface area contributed by atoms with E-state index >= 15 is 0 Å². The molecule has 0 fully saturated rings. The van der Waals surface area contributed by atoms with Crippen LogP contribution in [0, 0.1) is 0 Å². The summed E-state index contributed by atoms with van der Waals surface area (Å²) in [6.45, 7) is 5.02. The van der Waals surface area contributed by atoms with Crippen LogP contribution in [0.4, 0.5) is 5.69 Å². The minimum Gasteiger partial charge on any atom is -0.398 e. The quantitative estimate of drug-likeness (QED) is 0.797. The summed E-state index contributed by atoms with van der Waals surface area (Å²) in [5.74, 6) is 0. The Hall–Kier alpha value is -1.11. The molecule has 0 radical (unpaired) electrons. The van der Waals surface area contributed by atoms with Crippen LogP contribution in [0.15, 0.2) is 23.1 Å². The zero-order valence-corrected chi connectivity index (χ0v) is 12.7. The number of hydrogen-bond acceptors (Lipinski definition) is 4. The first-order chi connectivity index (χ1) is 8.66. The number of likely N-dealkylation sites (N-methyl/N-ethyl adjacent to an activating group) is 1. The molecule has 0 aliphatic heterocycles. The predicted octanol–water partition coefficient (Wildman–Crippen LogP) is 1.22. The molecule has 1 rings (SSSR count). The summed E-state index contributed by atoms with van der Waals surface area (Å²) < 4.78 is 26.1. The largest absolute Gasteiger partial charge is 0.398 e. The van der Waals surface area contributed by atoms with Gasteiger partial charge in [-0.05, 0) is 38.0 Å². The van der Waals surface area contributed by atoms with E-state index in [0.29, 0.717) is 5.69 Å². The fourth-order valence-electron chi connectivity index (χ4n) is 1.64. The van der Waals surface area contributed by atoms with Crippen LogP contribution >= 0.6 is 0 Å². The van der Waals surface area contributed by atoms with E-state index in [9.17, 15) is 13.5 Å². The number of aryl methyl sites for hydroxylation is 1. The van der Waals surface area contributed by atoms with Crippen molar-refractivity contribution in [3.63, 3.8) is 0 Å². The van der Waals surface area contributed by atoms with E-state index in [2.05, 4.69) is 0 Å². The number of hydrogen-bond donors (Lipinski definition) is 2. The molecule has 0 aliphatic carbocycles.